The molecule has 2 unspecified atom stereocenters. The number of nitrogens with one attached hydrogen (secondary N) is 1. The van der Waals surface area contributed by atoms with E-state index in [1.54, 1.807) is 0 Å². The van der Waals surface area contributed by atoms with Gasteiger partial charge in [-0.1, -0.05) is 55.8 Å². The van der Waals surface area contributed by atoms with Crippen molar-refractivity contribution in [1.82, 2.24) is 19.7 Å². The zero-order chi connectivity index (χ0) is 29.9. The number of para-hydroxylation sites is 1. The van der Waals surface area contributed by atoms with Gasteiger partial charge in [0.25, 0.3) is 5.91 Å². The van der Waals surface area contributed by atoms with E-state index in [-0.39, 0.29) is 12.3 Å². The van der Waals surface area contributed by atoms with E-state index < -0.39 is 23.4 Å². The summed E-state index contributed by atoms with van der Waals surface area (Å²) < 4.78 is 0. The quantitative estimate of drug-likeness (QED) is 0.365. The minimum atomic E-state index is -1.73. The van der Waals surface area contributed by atoms with E-state index in [4.69, 9.17) is 5.73 Å². The Morgan fingerprint density at radius 2 is 1.60 bits per heavy atom. The number of hydrogen-bond acceptors (Lipinski definition) is 6. The van der Waals surface area contributed by atoms with Crippen LogP contribution in [0.1, 0.15) is 75.6 Å². The molecule has 0 spiro atoms. The van der Waals surface area contributed by atoms with Gasteiger partial charge in [0.15, 0.2) is 11.3 Å². The second-order valence-electron chi connectivity index (χ2n) is 11.9. The van der Waals surface area contributed by atoms with Crippen molar-refractivity contribution in [3.8, 4) is 0 Å². The van der Waals surface area contributed by atoms with Crippen molar-refractivity contribution >= 4 is 28.5 Å². The highest BCUT2D eigenvalue weighted by atomic mass is 16.2. The zero-order valence-corrected chi connectivity index (χ0v) is 25.3. The molecular weight excluding hydrogens is 526 g/mol. The Kier molecular flexibility index (Phi) is 9.25. The third kappa shape index (κ3) is 5.55. The number of Topliss-reactive ketones (excluding diaryl/α,β-unsaturated/α-hetero) is 1. The molecule has 0 saturated carbocycles. The van der Waals surface area contributed by atoms with Crippen LogP contribution in [0.15, 0.2) is 54.7 Å². The van der Waals surface area contributed by atoms with E-state index >= 15 is 0 Å². The molecule has 2 atom stereocenters. The first kappa shape index (κ1) is 30.1. The van der Waals surface area contributed by atoms with Crippen LogP contribution in [0.2, 0.25) is 0 Å². The topological polar surface area (TPSA) is 103 Å². The summed E-state index contributed by atoms with van der Waals surface area (Å²) in [7, 11) is 0. The van der Waals surface area contributed by atoms with Crippen molar-refractivity contribution in [2.24, 2.45) is 5.73 Å². The number of likely N-dealkylation sites (tertiary alicyclic amines) is 2. The lowest BCUT2D eigenvalue weighted by Crippen LogP contribution is -2.70. The molecule has 224 valence electrons. The van der Waals surface area contributed by atoms with Crippen LogP contribution in [0.25, 0.3) is 10.9 Å². The summed E-state index contributed by atoms with van der Waals surface area (Å²) in [5, 5.41) is 0.873. The number of ketones is 1. The largest absolute Gasteiger partial charge is 0.361 e. The van der Waals surface area contributed by atoms with Crippen LogP contribution in [0.3, 0.4) is 0 Å². The van der Waals surface area contributed by atoms with Gasteiger partial charge in [0.05, 0.1) is 12.6 Å². The number of amides is 2. The standard InChI is InChI=1S/C34H45N5O3/c1-4-26-12-6-7-13-27(26)23-39(25(3)41)33(42)34(24(2)40,32(35)30-22-36-31-15-9-8-14-29(30)31)38-20-16-28(17-21-38)37-18-10-5-11-19-37/h6-9,12-15,22,28,32,36H,4-5,10-11,16-21,23,35H2,1-3H3. The van der Waals surface area contributed by atoms with E-state index in [1.165, 1.54) is 38.0 Å². The van der Waals surface area contributed by atoms with Crippen LogP contribution in [-0.2, 0) is 27.3 Å². The maximum absolute atomic E-state index is 14.9. The smallest absolute Gasteiger partial charge is 0.259 e. The van der Waals surface area contributed by atoms with Crippen LogP contribution in [0, 0.1) is 0 Å². The predicted molar refractivity (Wildman–Crippen MR) is 166 cm³/mol. The van der Waals surface area contributed by atoms with Gasteiger partial charge >= 0.3 is 0 Å². The van der Waals surface area contributed by atoms with Crippen LogP contribution in [0.4, 0.5) is 0 Å². The van der Waals surface area contributed by atoms with Crippen LogP contribution >= 0.6 is 0 Å². The van der Waals surface area contributed by atoms with Gasteiger partial charge in [-0.2, -0.15) is 0 Å². The van der Waals surface area contributed by atoms with E-state index in [0.29, 0.717) is 24.7 Å². The highest BCUT2D eigenvalue weighted by Gasteiger charge is 2.57. The Morgan fingerprint density at radius 3 is 2.24 bits per heavy atom. The molecule has 0 bridgehead atoms. The molecule has 2 saturated heterocycles. The highest BCUT2D eigenvalue weighted by Crippen LogP contribution is 2.39. The van der Waals surface area contributed by atoms with Gasteiger partial charge in [-0.25, -0.2) is 0 Å². The first-order valence-corrected chi connectivity index (χ1v) is 15.5. The van der Waals surface area contributed by atoms with Crippen LogP contribution in [0.5, 0.6) is 0 Å². The van der Waals surface area contributed by atoms with Crippen molar-refractivity contribution in [2.45, 2.75) is 83.5 Å². The Bertz CT molecular complexity index is 1420. The molecule has 2 fully saturated rings. The monoisotopic (exact) mass is 571 g/mol. The molecular formula is C34H45N5O3. The van der Waals surface area contributed by atoms with Crippen LogP contribution in [-0.4, -0.2) is 75.0 Å². The first-order valence-electron chi connectivity index (χ1n) is 15.5. The number of nitrogens with zero attached hydrogens (tertiary/aromatic N) is 3. The summed E-state index contributed by atoms with van der Waals surface area (Å²) in [5.74, 6) is -1.27. The summed E-state index contributed by atoms with van der Waals surface area (Å²) in [6.07, 6.45) is 7.99. The maximum atomic E-state index is 14.9. The van der Waals surface area contributed by atoms with E-state index in [1.807, 2.05) is 59.6 Å². The minimum Gasteiger partial charge on any atom is -0.361 e. The average molecular weight is 572 g/mol. The van der Waals surface area contributed by atoms with Gasteiger partial charge in [0, 0.05) is 43.2 Å². The van der Waals surface area contributed by atoms with Gasteiger partial charge in [0.2, 0.25) is 5.91 Å². The molecule has 2 amide bonds. The number of rotatable bonds is 9. The number of imide groups is 1. The Hall–Kier alpha value is -3.33. The number of benzene rings is 2. The number of carbonyl (C=O) groups excluding carboxylic acids is 3. The lowest BCUT2D eigenvalue weighted by atomic mass is 9.77. The van der Waals surface area contributed by atoms with Crippen LogP contribution < -0.4 is 5.73 Å². The number of piperidine rings is 2. The molecule has 0 radical (unpaired) electrons. The number of aromatic nitrogens is 1. The number of carbonyl (C=O) groups is 3. The van der Waals surface area contributed by atoms with Crippen molar-refractivity contribution in [3.63, 3.8) is 0 Å². The summed E-state index contributed by atoms with van der Waals surface area (Å²) in [5.41, 5.74) is 8.94. The molecule has 2 aliphatic heterocycles. The second kappa shape index (κ2) is 12.9. The third-order valence-corrected chi connectivity index (χ3v) is 9.59. The molecule has 8 nitrogen and oxygen atoms in total. The fourth-order valence-corrected chi connectivity index (χ4v) is 7.26. The molecule has 8 heteroatoms. The lowest BCUT2D eigenvalue weighted by Gasteiger charge is -2.50. The van der Waals surface area contributed by atoms with Gasteiger partial charge in [-0.3, -0.25) is 24.2 Å². The molecule has 5 rings (SSSR count). The van der Waals surface area contributed by atoms with Crippen molar-refractivity contribution in [1.29, 1.82) is 0 Å². The van der Waals surface area contributed by atoms with Gasteiger partial charge < -0.3 is 15.6 Å². The van der Waals surface area contributed by atoms with Gasteiger partial charge in [-0.05, 0) is 74.9 Å². The summed E-state index contributed by atoms with van der Waals surface area (Å²) in [6.45, 7) is 8.32. The number of hydrogen-bond donors (Lipinski definition) is 2. The summed E-state index contributed by atoms with van der Waals surface area (Å²) in [6, 6.07) is 15.1. The van der Waals surface area contributed by atoms with Gasteiger partial charge in [-0.15, -0.1) is 0 Å². The fraction of sp³-hybridized carbons (Fsp3) is 0.500. The fourth-order valence-electron chi connectivity index (χ4n) is 7.26. The molecule has 2 aromatic carbocycles. The highest BCUT2D eigenvalue weighted by molar-refractivity contribution is 6.15. The predicted octanol–water partition coefficient (Wildman–Crippen LogP) is 4.58. The Balaban J connectivity index is 1.57. The molecule has 1 aromatic heterocycles. The molecule has 42 heavy (non-hydrogen) atoms. The average Bonchev–Trinajstić information content (AvgIpc) is 3.45. The van der Waals surface area contributed by atoms with Crippen molar-refractivity contribution in [2.75, 3.05) is 26.2 Å². The van der Waals surface area contributed by atoms with E-state index in [9.17, 15) is 14.4 Å². The van der Waals surface area contributed by atoms with Crippen molar-refractivity contribution in [3.05, 3.63) is 71.4 Å². The van der Waals surface area contributed by atoms with E-state index in [0.717, 1.165) is 54.4 Å². The molecule has 3 N–H and O–H groups in total. The molecule has 0 aliphatic carbocycles. The Labute approximate surface area is 249 Å². The number of fused-ring (bicyclic) bond motifs is 1. The molecule has 2 aliphatic rings. The normalized spacial score (nSPS) is 19.3. The van der Waals surface area contributed by atoms with Crippen molar-refractivity contribution < 1.29 is 14.4 Å². The Morgan fingerprint density at radius 1 is 0.952 bits per heavy atom. The third-order valence-electron chi connectivity index (χ3n) is 9.59. The first-order chi connectivity index (χ1) is 20.3. The maximum Gasteiger partial charge on any atom is 0.259 e. The molecule has 3 aromatic rings. The number of aryl methyl sites for hydroxylation is 1. The number of aromatic amines is 1. The number of nitrogens with two attached hydrogens (primary N) is 1. The SMILES string of the molecule is CCc1ccccc1CN(C(C)=O)C(=O)C(C(C)=O)(C(N)c1c[nH]c2ccccc12)N1CCC(N2CCCCC2)CC1. The zero-order valence-electron chi connectivity index (χ0n) is 25.3. The van der Waals surface area contributed by atoms with Gasteiger partial charge in [0.1, 0.15) is 0 Å². The number of H-pyrrole nitrogens is 1. The summed E-state index contributed by atoms with van der Waals surface area (Å²) >= 11 is 0. The molecule has 3 heterocycles. The second-order valence-corrected chi connectivity index (χ2v) is 11.9. The lowest BCUT2D eigenvalue weighted by molar-refractivity contribution is -0.160. The summed E-state index contributed by atoms with van der Waals surface area (Å²) in [4.78, 5) is 51.3. The van der Waals surface area contributed by atoms with E-state index in [2.05, 4.69) is 16.8 Å². The minimum absolute atomic E-state index is 0.0953.